The van der Waals surface area contributed by atoms with Gasteiger partial charge >= 0.3 is 0 Å². The van der Waals surface area contributed by atoms with Crippen LogP contribution in [0.25, 0.3) is 55.8 Å². The van der Waals surface area contributed by atoms with Crippen LogP contribution in [0, 0.1) is 5.82 Å². The molecule has 7 rings (SSSR count). The number of aromatic amines is 2. The molecule has 0 saturated heterocycles. The second-order valence-electron chi connectivity index (χ2n) is 9.64. The zero-order valence-electron chi connectivity index (χ0n) is 22.2. The second-order valence-corrected chi connectivity index (χ2v) is 9.64. The van der Waals surface area contributed by atoms with Crippen LogP contribution in [0.15, 0.2) is 97.5 Å². The van der Waals surface area contributed by atoms with E-state index >= 15 is 0 Å². The predicted molar refractivity (Wildman–Crippen MR) is 159 cm³/mol. The molecular weight excluding hydrogens is 533 g/mol. The molecule has 0 spiro atoms. The van der Waals surface area contributed by atoms with Crippen LogP contribution < -0.4 is 10.1 Å². The predicted octanol–water partition coefficient (Wildman–Crippen LogP) is 6.63. The number of benzene rings is 3. The van der Waals surface area contributed by atoms with Gasteiger partial charge in [0.25, 0.3) is 5.91 Å². The molecular formula is C32H22FN7O2. The van der Waals surface area contributed by atoms with E-state index in [2.05, 4.69) is 30.5 Å². The summed E-state index contributed by atoms with van der Waals surface area (Å²) in [5.41, 5.74) is 6.74. The smallest absolute Gasteiger partial charge is 0.255 e. The molecule has 4 aromatic heterocycles. The average Bonchev–Trinajstić information content (AvgIpc) is 3.65. The summed E-state index contributed by atoms with van der Waals surface area (Å²) in [6.45, 7) is 0. The molecule has 4 heterocycles. The van der Waals surface area contributed by atoms with Crippen molar-refractivity contribution in [3.63, 3.8) is 0 Å². The van der Waals surface area contributed by atoms with E-state index in [1.165, 1.54) is 19.2 Å². The van der Waals surface area contributed by atoms with E-state index < -0.39 is 5.82 Å². The summed E-state index contributed by atoms with van der Waals surface area (Å²) in [5.74, 6) is 0.305. The van der Waals surface area contributed by atoms with Gasteiger partial charge in [0.15, 0.2) is 11.5 Å². The van der Waals surface area contributed by atoms with Crippen LogP contribution in [0.4, 0.5) is 10.1 Å². The van der Waals surface area contributed by atoms with Crippen molar-refractivity contribution >= 4 is 33.7 Å². The third kappa shape index (κ3) is 4.60. The SMILES string of the molecule is COc1cc(F)cc(-c2ccnc3[nH]c(-c4n[nH]c5ccc(-c6cncc(NC(=O)c7ccccc7)c6)cc45)nc23)c1. The molecule has 0 aliphatic heterocycles. The summed E-state index contributed by atoms with van der Waals surface area (Å²) in [6.07, 6.45) is 5.00. The van der Waals surface area contributed by atoms with Gasteiger partial charge in [-0.05, 0) is 59.7 Å². The van der Waals surface area contributed by atoms with Crippen LogP contribution in [0.5, 0.6) is 5.75 Å². The number of pyridine rings is 2. The van der Waals surface area contributed by atoms with Crippen LogP contribution in [-0.2, 0) is 0 Å². The number of methoxy groups -OCH3 is 1. The molecule has 7 aromatic rings. The summed E-state index contributed by atoms with van der Waals surface area (Å²) < 4.78 is 19.5. The molecule has 204 valence electrons. The van der Waals surface area contributed by atoms with Gasteiger partial charge in [0.05, 0.1) is 24.5 Å². The highest BCUT2D eigenvalue weighted by molar-refractivity contribution is 6.04. The first kappa shape index (κ1) is 25.1. The highest BCUT2D eigenvalue weighted by Gasteiger charge is 2.17. The molecule has 0 aliphatic carbocycles. The lowest BCUT2D eigenvalue weighted by molar-refractivity contribution is 0.102. The lowest BCUT2D eigenvalue weighted by atomic mass is 10.0. The van der Waals surface area contributed by atoms with Gasteiger partial charge in [-0.3, -0.25) is 14.9 Å². The number of ether oxygens (including phenoxy) is 1. The van der Waals surface area contributed by atoms with Gasteiger partial charge in [-0.15, -0.1) is 0 Å². The Morgan fingerprint density at radius 3 is 2.67 bits per heavy atom. The minimum atomic E-state index is -0.408. The van der Waals surface area contributed by atoms with Crippen LogP contribution in [0.3, 0.4) is 0 Å². The van der Waals surface area contributed by atoms with E-state index in [1.807, 2.05) is 42.5 Å². The Labute approximate surface area is 238 Å². The van der Waals surface area contributed by atoms with Crippen LogP contribution in [0.2, 0.25) is 0 Å². The van der Waals surface area contributed by atoms with Gasteiger partial charge in [-0.25, -0.2) is 14.4 Å². The molecule has 9 nitrogen and oxygen atoms in total. The third-order valence-electron chi connectivity index (χ3n) is 6.96. The standard InChI is InChI=1S/C32H22FN7O2/c1-42-24-13-20(11-22(33)15-24)25-9-10-35-30-28(25)37-31(38-30)29-26-14-19(7-8-27(26)39-40-29)21-12-23(17-34-16-21)36-32(41)18-5-3-2-4-6-18/h2-17H,1H3,(H,36,41)(H,39,40)(H,35,37,38). The fourth-order valence-electron chi connectivity index (χ4n) is 4.92. The molecule has 0 fully saturated rings. The van der Waals surface area contributed by atoms with Crippen molar-refractivity contribution in [2.24, 2.45) is 0 Å². The quantitative estimate of drug-likeness (QED) is 0.212. The number of rotatable bonds is 6. The van der Waals surface area contributed by atoms with E-state index in [4.69, 9.17) is 9.72 Å². The third-order valence-corrected chi connectivity index (χ3v) is 6.96. The molecule has 0 atom stereocenters. The fraction of sp³-hybridized carbons (Fsp3) is 0.0312. The number of nitrogens with zero attached hydrogens (tertiary/aromatic N) is 4. The topological polar surface area (TPSA) is 121 Å². The maximum Gasteiger partial charge on any atom is 0.255 e. The van der Waals surface area contributed by atoms with Gasteiger partial charge in [-0.1, -0.05) is 24.3 Å². The zero-order valence-corrected chi connectivity index (χ0v) is 22.2. The maximum absolute atomic E-state index is 14.3. The Bertz CT molecular complexity index is 2100. The molecule has 0 bridgehead atoms. The molecule has 0 unspecified atom stereocenters. The number of hydrogen-bond acceptors (Lipinski definition) is 6. The van der Waals surface area contributed by atoms with E-state index in [-0.39, 0.29) is 5.91 Å². The number of hydrogen-bond donors (Lipinski definition) is 3. The average molecular weight is 556 g/mol. The first-order chi connectivity index (χ1) is 20.6. The first-order valence-electron chi connectivity index (χ1n) is 13.1. The lowest BCUT2D eigenvalue weighted by Gasteiger charge is -2.08. The Morgan fingerprint density at radius 1 is 0.929 bits per heavy atom. The Kier molecular flexibility index (Phi) is 6.12. The van der Waals surface area contributed by atoms with Gasteiger partial charge in [-0.2, -0.15) is 5.10 Å². The van der Waals surface area contributed by atoms with Crippen molar-refractivity contribution in [3.8, 4) is 39.5 Å². The van der Waals surface area contributed by atoms with Crippen molar-refractivity contribution in [1.29, 1.82) is 0 Å². The Hall–Kier alpha value is -5.90. The normalized spacial score (nSPS) is 11.2. The van der Waals surface area contributed by atoms with E-state index in [0.717, 1.165) is 22.0 Å². The molecule has 10 heteroatoms. The molecule has 0 radical (unpaired) electrons. The number of carbonyl (C=O) groups excluding carboxylic acids is 1. The highest BCUT2D eigenvalue weighted by atomic mass is 19.1. The number of imidazole rings is 1. The van der Waals surface area contributed by atoms with Crippen LogP contribution in [0.1, 0.15) is 10.4 Å². The van der Waals surface area contributed by atoms with Crippen molar-refractivity contribution in [2.45, 2.75) is 0 Å². The summed E-state index contributed by atoms with van der Waals surface area (Å²) >= 11 is 0. The van der Waals surface area contributed by atoms with Gasteiger partial charge in [0, 0.05) is 40.5 Å². The minimum absolute atomic E-state index is 0.211. The molecule has 3 aromatic carbocycles. The molecule has 42 heavy (non-hydrogen) atoms. The number of aromatic nitrogens is 6. The first-order valence-corrected chi connectivity index (χ1v) is 13.1. The molecule has 3 N–H and O–H groups in total. The molecule has 0 saturated carbocycles. The van der Waals surface area contributed by atoms with Gasteiger partial charge < -0.3 is 15.0 Å². The van der Waals surface area contributed by atoms with Gasteiger partial charge in [0.2, 0.25) is 0 Å². The summed E-state index contributed by atoms with van der Waals surface area (Å²) in [7, 11) is 1.50. The van der Waals surface area contributed by atoms with Crippen molar-refractivity contribution in [2.75, 3.05) is 12.4 Å². The van der Waals surface area contributed by atoms with Crippen molar-refractivity contribution in [3.05, 3.63) is 109 Å². The van der Waals surface area contributed by atoms with Crippen molar-refractivity contribution in [1.82, 2.24) is 30.1 Å². The lowest BCUT2D eigenvalue weighted by Crippen LogP contribution is -2.11. The second kappa shape index (κ2) is 10.3. The number of anilines is 1. The maximum atomic E-state index is 14.3. The molecule has 0 aliphatic rings. The van der Waals surface area contributed by atoms with E-state index in [1.54, 1.807) is 42.9 Å². The van der Waals surface area contributed by atoms with Crippen LogP contribution in [-0.4, -0.2) is 43.2 Å². The number of halogens is 1. The zero-order chi connectivity index (χ0) is 28.6. The number of nitrogens with one attached hydrogen (secondary N) is 3. The monoisotopic (exact) mass is 555 g/mol. The van der Waals surface area contributed by atoms with Crippen molar-refractivity contribution < 1.29 is 13.9 Å². The number of amides is 1. The summed E-state index contributed by atoms with van der Waals surface area (Å²) in [5, 5.41) is 11.3. The van der Waals surface area contributed by atoms with E-state index in [9.17, 15) is 9.18 Å². The largest absolute Gasteiger partial charge is 0.497 e. The minimum Gasteiger partial charge on any atom is -0.497 e. The summed E-state index contributed by atoms with van der Waals surface area (Å²) in [4.78, 5) is 29.5. The number of fused-ring (bicyclic) bond motifs is 2. The van der Waals surface area contributed by atoms with Crippen LogP contribution >= 0.6 is 0 Å². The summed E-state index contributed by atoms with van der Waals surface area (Å²) in [6, 6.07) is 23.1. The number of H-pyrrole nitrogens is 2. The highest BCUT2D eigenvalue weighted by Crippen LogP contribution is 2.34. The Morgan fingerprint density at radius 2 is 1.81 bits per heavy atom. The van der Waals surface area contributed by atoms with Gasteiger partial charge in [0.1, 0.15) is 22.8 Å². The Balaban J connectivity index is 1.25. The molecule has 1 amide bonds. The fourth-order valence-corrected chi connectivity index (χ4v) is 4.92. The number of carbonyl (C=O) groups is 1. The van der Waals surface area contributed by atoms with E-state index in [0.29, 0.717) is 50.8 Å².